The first kappa shape index (κ1) is 17.5. The summed E-state index contributed by atoms with van der Waals surface area (Å²) < 4.78 is 0. The summed E-state index contributed by atoms with van der Waals surface area (Å²) in [4.78, 5) is 27.3. The van der Waals surface area contributed by atoms with Crippen LogP contribution in [0, 0.1) is 0 Å². The number of rotatable bonds is 3. The highest BCUT2D eigenvalue weighted by Gasteiger charge is 2.52. The molecule has 0 spiro atoms. The minimum Gasteiger partial charge on any atom is -0.359 e. The van der Waals surface area contributed by atoms with Gasteiger partial charge in [-0.05, 0) is 31.0 Å². The van der Waals surface area contributed by atoms with E-state index < -0.39 is 17.7 Å². The Morgan fingerprint density at radius 1 is 1.04 bits per heavy atom. The van der Waals surface area contributed by atoms with Crippen molar-refractivity contribution in [2.75, 3.05) is 10.2 Å². The molecule has 6 nitrogen and oxygen atoms in total. The lowest BCUT2D eigenvalue weighted by Crippen LogP contribution is -2.63. The Morgan fingerprint density at radius 3 is 2.44 bits per heavy atom. The molecule has 2 aliphatic rings. The lowest BCUT2D eigenvalue weighted by atomic mass is 9.92. The number of nitrogens with one attached hydrogen (secondary N) is 2. The first-order valence-corrected chi connectivity index (χ1v) is 9.40. The van der Waals surface area contributed by atoms with Crippen LogP contribution in [-0.2, 0) is 10.5 Å². The fraction of sp³-hybridized carbons (Fsp3) is 0.333. The summed E-state index contributed by atoms with van der Waals surface area (Å²) in [5.41, 5.74) is -0.860. The van der Waals surface area contributed by atoms with Crippen molar-refractivity contribution in [2.24, 2.45) is 0 Å². The summed E-state index contributed by atoms with van der Waals surface area (Å²) in [7, 11) is 0. The van der Waals surface area contributed by atoms with Crippen LogP contribution in [0.4, 0.5) is 16.2 Å². The second kappa shape index (κ2) is 7.04. The Kier molecular flexibility index (Phi) is 4.58. The summed E-state index contributed by atoms with van der Waals surface area (Å²) in [5.74, 6) is -0.569. The lowest BCUT2D eigenvalue weighted by Gasteiger charge is -2.43. The van der Waals surface area contributed by atoms with Crippen LogP contribution in [0.2, 0.25) is 0 Å². The van der Waals surface area contributed by atoms with Gasteiger partial charge in [-0.2, -0.15) is 0 Å². The van der Waals surface area contributed by atoms with Gasteiger partial charge in [-0.15, -0.1) is 0 Å². The molecule has 1 aliphatic carbocycles. The van der Waals surface area contributed by atoms with Crippen molar-refractivity contribution in [2.45, 2.75) is 43.9 Å². The van der Waals surface area contributed by atoms with Crippen LogP contribution in [0.5, 0.6) is 0 Å². The van der Waals surface area contributed by atoms with E-state index in [9.17, 15) is 14.7 Å². The molecule has 1 heterocycles. The summed E-state index contributed by atoms with van der Waals surface area (Å²) in [6.07, 6.45) is 5.06. The molecule has 3 N–H and O–H groups in total. The highest BCUT2D eigenvalue weighted by atomic mass is 16.3. The number of hydrogen-bond donors (Lipinski definition) is 3. The predicted octanol–water partition coefficient (Wildman–Crippen LogP) is 3.33. The first-order chi connectivity index (χ1) is 13.1. The van der Waals surface area contributed by atoms with Crippen molar-refractivity contribution in [3.63, 3.8) is 0 Å². The summed E-state index contributed by atoms with van der Waals surface area (Å²) in [6, 6.07) is 15.1. The van der Waals surface area contributed by atoms with Crippen molar-refractivity contribution in [3.05, 3.63) is 60.2 Å². The number of benzene rings is 2. The first-order valence-electron chi connectivity index (χ1n) is 9.40. The maximum atomic E-state index is 13.3. The Morgan fingerprint density at radius 2 is 1.70 bits per heavy atom. The summed E-state index contributed by atoms with van der Waals surface area (Å²) in [6.45, 7) is 0. The van der Waals surface area contributed by atoms with Gasteiger partial charge in [0, 0.05) is 17.3 Å². The van der Waals surface area contributed by atoms with Crippen molar-refractivity contribution >= 4 is 23.3 Å². The average Bonchev–Trinajstić information content (AvgIpc) is 2.69. The molecule has 0 radical (unpaired) electrons. The second-order valence-electron chi connectivity index (χ2n) is 7.13. The van der Waals surface area contributed by atoms with Crippen LogP contribution in [0.15, 0.2) is 54.6 Å². The molecule has 0 aromatic heterocycles. The van der Waals surface area contributed by atoms with Gasteiger partial charge in [0.1, 0.15) is 0 Å². The van der Waals surface area contributed by atoms with E-state index in [1.807, 2.05) is 6.07 Å². The van der Waals surface area contributed by atoms with Crippen LogP contribution in [0.1, 0.15) is 37.7 Å². The normalized spacial score (nSPS) is 22.7. The van der Waals surface area contributed by atoms with Gasteiger partial charge in [0.25, 0.3) is 11.6 Å². The maximum absolute atomic E-state index is 13.3. The van der Waals surface area contributed by atoms with E-state index in [1.165, 1.54) is 0 Å². The van der Waals surface area contributed by atoms with Crippen molar-refractivity contribution in [1.82, 2.24) is 5.32 Å². The average molecular weight is 365 g/mol. The number of para-hydroxylation sites is 2. The molecular formula is C21H23N3O3. The van der Waals surface area contributed by atoms with Crippen molar-refractivity contribution in [3.8, 4) is 0 Å². The molecule has 1 fully saturated rings. The van der Waals surface area contributed by atoms with E-state index >= 15 is 0 Å². The maximum Gasteiger partial charge on any atom is 0.329 e. The molecule has 0 bridgehead atoms. The van der Waals surface area contributed by atoms with Gasteiger partial charge in [-0.25, -0.2) is 4.79 Å². The van der Waals surface area contributed by atoms with Gasteiger partial charge in [0.15, 0.2) is 0 Å². The Hall–Kier alpha value is -2.86. The molecule has 0 unspecified atom stereocenters. The highest BCUT2D eigenvalue weighted by Crippen LogP contribution is 2.39. The molecule has 2 aromatic carbocycles. The van der Waals surface area contributed by atoms with Crippen LogP contribution >= 0.6 is 0 Å². The Balaban J connectivity index is 1.78. The molecule has 0 saturated heterocycles. The predicted molar refractivity (Wildman–Crippen MR) is 103 cm³/mol. The molecule has 140 valence electrons. The minimum atomic E-state index is -2.11. The number of urea groups is 1. The molecule has 2 aromatic rings. The molecule has 1 aliphatic heterocycles. The number of hydrogen-bond acceptors (Lipinski definition) is 3. The van der Waals surface area contributed by atoms with E-state index in [2.05, 4.69) is 10.6 Å². The molecule has 6 heteroatoms. The number of carbonyl (C=O) groups is 2. The van der Waals surface area contributed by atoms with Crippen molar-refractivity contribution < 1.29 is 14.7 Å². The zero-order valence-corrected chi connectivity index (χ0v) is 15.0. The van der Waals surface area contributed by atoms with Gasteiger partial charge in [0.05, 0.1) is 5.69 Å². The fourth-order valence-corrected chi connectivity index (χ4v) is 3.97. The molecular weight excluding hydrogens is 342 g/mol. The van der Waals surface area contributed by atoms with Gasteiger partial charge < -0.3 is 15.7 Å². The SMILES string of the molecule is O=C1Nc2ccccc2[C@@](O)(C(=O)NC2CCCCC2)N1c1ccccc1. The van der Waals surface area contributed by atoms with E-state index in [4.69, 9.17) is 0 Å². The number of amides is 3. The molecule has 1 atom stereocenters. The number of aliphatic hydroxyl groups is 1. The Labute approximate surface area is 158 Å². The van der Waals surface area contributed by atoms with E-state index in [0.717, 1.165) is 37.0 Å². The van der Waals surface area contributed by atoms with Crippen LogP contribution in [0.3, 0.4) is 0 Å². The third-order valence-corrected chi connectivity index (χ3v) is 5.34. The van der Waals surface area contributed by atoms with Gasteiger partial charge >= 0.3 is 6.03 Å². The molecule has 1 saturated carbocycles. The molecule has 4 rings (SSSR count). The summed E-state index contributed by atoms with van der Waals surface area (Å²) >= 11 is 0. The second-order valence-corrected chi connectivity index (χ2v) is 7.13. The zero-order valence-electron chi connectivity index (χ0n) is 15.0. The number of nitrogens with zero attached hydrogens (tertiary/aromatic N) is 1. The monoisotopic (exact) mass is 365 g/mol. The largest absolute Gasteiger partial charge is 0.359 e. The Bertz CT molecular complexity index is 849. The number of fused-ring (bicyclic) bond motifs is 1. The lowest BCUT2D eigenvalue weighted by molar-refractivity contribution is -0.141. The minimum absolute atomic E-state index is 0.0186. The topological polar surface area (TPSA) is 81.7 Å². The number of carbonyl (C=O) groups excluding carboxylic acids is 2. The van der Waals surface area contributed by atoms with Crippen LogP contribution < -0.4 is 15.5 Å². The third-order valence-electron chi connectivity index (χ3n) is 5.34. The third kappa shape index (κ3) is 3.06. The van der Waals surface area contributed by atoms with E-state index in [-0.39, 0.29) is 6.04 Å². The van der Waals surface area contributed by atoms with Crippen LogP contribution in [-0.4, -0.2) is 23.1 Å². The van der Waals surface area contributed by atoms with Gasteiger partial charge in [0.2, 0.25) is 0 Å². The molecule has 27 heavy (non-hydrogen) atoms. The van der Waals surface area contributed by atoms with Gasteiger partial charge in [-0.1, -0.05) is 55.7 Å². The number of anilines is 2. The standard InChI is InChI=1S/C21H23N3O3/c25-19(22-15-9-3-1-4-10-15)21(27)17-13-7-8-14-18(17)23-20(26)24(21)16-11-5-2-6-12-16/h2,5-8,11-15,27H,1,3-4,9-10H2,(H,22,25)(H,23,26)/t21-/m1/s1. The molecule has 3 amide bonds. The fourth-order valence-electron chi connectivity index (χ4n) is 3.97. The summed E-state index contributed by atoms with van der Waals surface area (Å²) in [5, 5.41) is 17.4. The van der Waals surface area contributed by atoms with Crippen molar-refractivity contribution in [1.29, 1.82) is 0 Å². The van der Waals surface area contributed by atoms with E-state index in [0.29, 0.717) is 16.9 Å². The quantitative estimate of drug-likeness (QED) is 0.780. The van der Waals surface area contributed by atoms with Crippen LogP contribution in [0.25, 0.3) is 0 Å². The highest BCUT2D eigenvalue weighted by molar-refractivity contribution is 6.11. The zero-order chi connectivity index (χ0) is 18.9. The van der Waals surface area contributed by atoms with E-state index in [1.54, 1.807) is 48.5 Å². The smallest absolute Gasteiger partial charge is 0.329 e. The van der Waals surface area contributed by atoms with Gasteiger partial charge in [-0.3, -0.25) is 9.69 Å².